The molecule has 4 heterocycles. The number of nitrogens with one attached hydrogen (secondary N) is 4. The van der Waals surface area contributed by atoms with Gasteiger partial charge in [-0.3, -0.25) is 14.9 Å². The number of hydrogen-bond acceptors (Lipinski definition) is 7. The van der Waals surface area contributed by atoms with E-state index in [-0.39, 0.29) is 11.8 Å². The van der Waals surface area contributed by atoms with Crippen molar-refractivity contribution in [1.82, 2.24) is 25.5 Å². The van der Waals surface area contributed by atoms with Crippen molar-refractivity contribution in [2.75, 3.05) is 43.4 Å². The number of amides is 2. The molecule has 2 aliphatic carbocycles. The molecule has 10 nitrogen and oxygen atoms in total. The van der Waals surface area contributed by atoms with Crippen LogP contribution in [0, 0.1) is 11.8 Å². The summed E-state index contributed by atoms with van der Waals surface area (Å²) in [7, 11) is 2.13. The van der Waals surface area contributed by atoms with Crippen molar-refractivity contribution in [3.8, 4) is 0 Å². The maximum atomic E-state index is 13.1. The van der Waals surface area contributed by atoms with Gasteiger partial charge in [0.2, 0.25) is 5.96 Å². The molecule has 0 spiro atoms. The molecule has 3 unspecified atom stereocenters. The van der Waals surface area contributed by atoms with E-state index in [0.29, 0.717) is 40.5 Å². The molecule has 2 bridgehead atoms. The summed E-state index contributed by atoms with van der Waals surface area (Å²) in [6, 6.07) is 10.0. The molecule has 40 heavy (non-hydrogen) atoms. The molecule has 206 valence electrons. The Morgan fingerprint density at radius 3 is 2.80 bits per heavy atom. The quantitative estimate of drug-likeness (QED) is 0.371. The lowest BCUT2D eigenvalue weighted by Crippen LogP contribution is -2.44. The predicted molar refractivity (Wildman–Crippen MR) is 156 cm³/mol. The first-order chi connectivity index (χ1) is 19.5. The summed E-state index contributed by atoms with van der Waals surface area (Å²) in [6.45, 7) is 3.89. The molecule has 1 saturated heterocycles. The van der Waals surface area contributed by atoms with Crippen LogP contribution >= 0.6 is 0 Å². The van der Waals surface area contributed by atoms with Crippen LogP contribution in [0.5, 0.6) is 0 Å². The molecular formula is C30H34N8O2. The molecule has 2 aromatic heterocycles. The number of hydrogen-bond donors (Lipinski definition) is 4. The number of aromatic amines is 1. The van der Waals surface area contributed by atoms with Crippen molar-refractivity contribution in [3.05, 3.63) is 59.5 Å². The van der Waals surface area contributed by atoms with Crippen LogP contribution in [0.15, 0.2) is 53.4 Å². The Balaban J connectivity index is 1.07. The normalized spacial score (nSPS) is 25.5. The van der Waals surface area contributed by atoms with E-state index in [4.69, 9.17) is 0 Å². The number of anilines is 2. The van der Waals surface area contributed by atoms with Gasteiger partial charge in [0.15, 0.2) is 0 Å². The standard InChI is InChI=1S/C30H34N8O2/c1-37-7-9-38(10-8-37)23-4-2-3-20(13-23)28(39)33-22-15-24-21(16-31-27(24)32-17-22)14-26-29(40)36-30(35-26)34-25-12-18-5-6-19(25)11-18/h2-4,13-19,25H,5-12H2,1H3,(H,31,32)(H,33,39)(H2,34,35,36,40). The van der Waals surface area contributed by atoms with E-state index in [1.165, 1.54) is 19.3 Å². The molecule has 3 aromatic rings. The summed E-state index contributed by atoms with van der Waals surface area (Å²) in [5.74, 6) is 1.62. The van der Waals surface area contributed by atoms with Crippen molar-refractivity contribution in [2.24, 2.45) is 16.8 Å². The van der Waals surface area contributed by atoms with E-state index in [1.807, 2.05) is 24.3 Å². The van der Waals surface area contributed by atoms with Gasteiger partial charge in [0, 0.05) is 60.6 Å². The van der Waals surface area contributed by atoms with Crippen LogP contribution in [-0.2, 0) is 4.79 Å². The van der Waals surface area contributed by atoms with E-state index in [9.17, 15) is 9.59 Å². The first kappa shape index (κ1) is 24.8. The monoisotopic (exact) mass is 538 g/mol. The van der Waals surface area contributed by atoms with Gasteiger partial charge in [-0.05, 0) is 68.5 Å². The van der Waals surface area contributed by atoms with Crippen LogP contribution in [-0.4, -0.2) is 71.9 Å². The van der Waals surface area contributed by atoms with Crippen LogP contribution in [0.1, 0.15) is 41.6 Å². The number of H-pyrrole nitrogens is 1. The number of guanidine groups is 1. The zero-order valence-corrected chi connectivity index (χ0v) is 22.6. The number of likely N-dealkylation sites (N-methyl/N-ethyl adjacent to an activating group) is 1. The Morgan fingerprint density at radius 2 is 2.00 bits per heavy atom. The van der Waals surface area contributed by atoms with E-state index in [1.54, 1.807) is 18.5 Å². The van der Waals surface area contributed by atoms with Gasteiger partial charge in [0.25, 0.3) is 11.8 Å². The highest BCUT2D eigenvalue weighted by Gasteiger charge is 2.40. The third kappa shape index (κ3) is 4.83. The number of pyridine rings is 1. The SMILES string of the molecule is CN1CCN(c2cccc(C(=O)Nc3cnc4[nH]cc(C=C5N=C(NC6CC7CCC6C7)NC5=O)c4c3)c2)CC1. The number of carbonyl (C=O) groups is 2. The maximum Gasteiger partial charge on any atom is 0.276 e. The lowest BCUT2D eigenvalue weighted by atomic mass is 9.95. The Labute approximate surface area is 232 Å². The second-order valence-corrected chi connectivity index (χ2v) is 11.5. The molecule has 2 amide bonds. The zero-order chi connectivity index (χ0) is 27.2. The molecular weight excluding hydrogens is 504 g/mol. The number of carbonyl (C=O) groups excluding carboxylic acids is 2. The average Bonchev–Trinajstić information content (AvgIpc) is 3.75. The smallest absolute Gasteiger partial charge is 0.276 e. The minimum atomic E-state index is -0.224. The van der Waals surface area contributed by atoms with E-state index < -0.39 is 0 Å². The summed E-state index contributed by atoms with van der Waals surface area (Å²) < 4.78 is 0. The molecule has 2 saturated carbocycles. The van der Waals surface area contributed by atoms with Gasteiger partial charge in [-0.25, -0.2) is 9.98 Å². The first-order valence-corrected chi connectivity index (χ1v) is 14.2. The Kier molecular flexibility index (Phi) is 6.27. The van der Waals surface area contributed by atoms with Gasteiger partial charge >= 0.3 is 0 Å². The Hall–Kier alpha value is -4.18. The molecule has 10 heteroatoms. The van der Waals surface area contributed by atoms with Crippen LogP contribution in [0.2, 0.25) is 0 Å². The summed E-state index contributed by atoms with van der Waals surface area (Å²) in [4.78, 5) is 42.6. The van der Waals surface area contributed by atoms with Crippen molar-refractivity contribution < 1.29 is 9.59 Å². The summed E-state index contributed by atoms with van der Waals surface area (Å²) in [5.41, 5.74) is 4.04. The first-order valence-electron chi connectivity index (χ1n) is 14.2. The highest BCUT2D eigenvalue weighted by Crippen LogP contribution is 2.44. The second-order valence-electron chi connectivity index (χ2n) is 11.5. The number of aromatic nitrogens is 2. The third-order valence-corrected chi connectivity index (χ3v) is 8.85. The van der Waals surface area contributed by atoms with E-state index in [0.717, 1.165) is 55.2 Å². The maximum absolute atomic E-state index is 13.1. The lowest BCUT2D eigenvalue weighted by molar-refractivity contribution is -0.115. The number of fused-ring (bicyclic) bond motifs is 3. The van der Waals surface area contributed by atoms with Gasteiger partial charge in [0.1, 0.15) is 11.3 Å². The minimum absolute atomic E-state index is 0.191. The fourth-order valence-electron chi connectivity index (χ4n) is 6.60. The summed E-state index contributed by atoms with van der Waals surface area (Å²) in [5, 5.41) is 10.1. The number of nitrogens with zero attached hydrogens (tertiary/aromatic N) is 4. The van der Waals surface area contributed by atoms with Crippen LogP contribution in [0.25, 0.3) is 17.1 Å². The molecule has 7 rings (SSSR count). The van der Waals surface area contributed by atoms with Crippen molar-refractivity contribution in [1.29, 1.82) is 0 Å². The number of rotatable bonds is 5. The van der Waals surface area contributed by atoms with E-state index >= 15 is 0 Å². The summed E-state index contributed by atoms with van der Waals surface area (Å²) >= 11 is 0. The minimum Gasteiger partial charge on any atom is -0.369 e. The Bertz CT molecular complexity index is 1530. The van der Waals surface area contributed by atoms with Crippen molar-refractivity contribution in [3.63, 3.8) is 0 Å². The summed E-state index contributed by atoms with van der Waals surface area (Å²) in [6.07, 6.45) is 10.2. The van der Waals surface area contributed by atoms with E-state index in [2.05, 4.69) is 53.8 Å². The molecule has 2 aliphatic heterocycles. The second kappa shape index (κ2) is 10.1. The van der Waals surface area contributed by atoms with Crippen LogP contribution in [0.4, 0.5) is 11.4 Å². The Morgan fingerprint density at radius 1 is 1.12 bits per heavy atom. The highest BCUT2D eigenvalue weighted by molar-refractivity contribution is 6.14. The number of piperazine rings is 1. The number of benzene rings is 1. The molecule has 4 aliphatic rings. The predicted octanol–water partition coefficient (Wildman–Crippen LogP) is 3.17. The van der Waals surface area contributed by atoms with Gasteiger partial charge < -0.3 is 25.4 Å². The molecule has 0 radical (unpaired) electrons. The van der Waals surface area contributed by atoms with Crippen LogP contribution in [0.3, 0.4) is 0 Å². The zero-order valence-electron chi connectivity index (χ0n) is 22.6. The molecule has 3 atom stereocenters. The fraction of sp³-hybridized carbons (Fsp3) is 0.400. The van der Waals surface area contributed by atoms with Crippen molar-refractivity contribution in [2.45, 2.75) is 31.7 Å². The van der Waals surface area contributed by atoms with Gasteiger partial charge in [-0.15, -0.1) is 0 Å². The molecule has 1 aromatic carbocycles. The lowest BCUT2D eigenvalue weighted by Gasteiger charge is -2.34. The van der Waals surface area contributed by atoms with Crippen molar-refractivity contribution >= 4 is 46.3 Å². The van der Waals surface area contributed by atoms with Gasteiger partial charge in [0.05, 0.1) is 11.9 Å². The number of aliphatic imine (C=N–C) groups is 1. The van der Waals surface area contributed by atoms with Gasteiger partial charge in [-0.1, -0.05) is 12.5 Å². The molecule has 3 fully saturated rings. The average molecular weight is 539 g/mol. The van der Waals surface area contributed by atoms with Crippen LogP contribution < -0.4 is 20.9 Å². The largest absolute Gasteiger partial charge is 0.369 e. The molecule has 4 N–H and O–H groups in total. The highest BCUT2D eigenvalue weighted by atomic mass is 16.2. The third-order valence-electron chi connectivity index (χ3n) is 8.85. The fourth-order valence-corrected chi connectivity index (χ4v) is 6.60. The topological polar surface area (TPSA) is 118 Å². The van der Waals surface area contributed by atoms with Gasteiger partial charge in [-0.2, -0.15) is 0 Å².